The minimum atomic E-state index is -0.792. The number of rotatable bonds is 6. The summed E-state index contributed by atoms with van der Waals surface area (Å²) >= 11 is 0. The van der Waals surface area contributed by atoms with Crippen LogP contribution in [-0.2, 0) is 16.0 Å². The Kier molecular flexibility index (Phi) is 5.12. The number of amides is 2. The largest absolute Gasteiger partial charge is 0.481 e. The van der Waals surface area contributed by atoms with Crippen molar-refractivity contribution in [1.82, 2.24) is 5.32 Å². The molecule has 2 aromatic rings. The third kappa shape index (κ3) is 3.97. The normalized spacial score (nSPS) is 14.7. The maximum Gasteiger partial charge on any atom is 0.303 e. The molecule has 1 aliphatic rings. The van der Waals surface area contributed by atoms with E-state index in [9.17, 15) is 14.4 Å². The summed E-state index contributed by atoms with van der Waals surface area (Å²) in [5.74, 6) is -1.63. The molecular formula is C20H18N2O4. The first-order valence-electron chi connectivity index (χ1n) is 8.27. The van der Waals surface area contributed by atoms with Gasteiger partial charge in [0.2, 0.25) is 0 Å². The summed E-state index contributed by atoms with van der Waals surface area (Å²) in [5.41, 5.74) is 3.30. The van der Waals surface area contributed by atoms with E-state index < -0.39 is 17.8 Å². The third-order valence-electron chi connectivity index (χ3n) is 4.13. The highest BCUT2D eigenvalue weighted by molar-refractivity contribution is 6.31. The van der Waals surface area contributed by atoms with Crippen molar-refractivity contribution < 1.29 is 19.5 Å². The molecule has 0 saturated carbocycles. The molecule has 1 heterocycles. The summed E-state index contributed by atoms with van der Waals surface area (Å²) in [6, 6.07) is 14.5. The number of carboxylic acid groups (broad SMARTS) is 1. The lowest BCUT2D eigenvalue weighted by Crippen LogP contribution is -2.36. The summed E-state index contributed by atoms with van der Waals surface area (Å²) in [4.78, 5) is 34.5. The molecule has 1 aliphatic heterocycles. The van der Waals surface area contributed by atoms with Gasteiger partial charge in [-0.3, -0.25) is 19.7 Å². The van der Waals surface area contributed by atoms with Crippen molar-refractivity contribution in [3.63, 3.8) is 0 Å². The number of hydrogen-bond donors (Lipinski definition) is 3. The Morgan fingerprint density at radius 1 is 1.00 bits per heavy atom. The van der Waals surface area contributed by atoms with E-state index in [4.69, 9.17) is 5.11 Å². The highest BCUT2D eigenvalue weighted by atomic mass is 16.4. The number of anilines is 1. The van der Waals surface area contributed by atoms with Crippen molar-refractivity contribution in [2.45, 2.75) is 19.3 Å². The van der Waals surface area contributed by atoms with Crippen LogP contribution in [0.3, 0.4) is 0 Å². The first-order valence-corrected chi connectivity index (χ1v) is 8.27. The van der Waals surface area contributed by atoms with Crippen LogP contribution in [0.15, 0.2) is 54.7 Å². The lowest BCUT2D eigenvalue weighted by molar-refractivity contribution is -0.137. The summed E-state index contributed by atoms with van der Waals surface area (Å²) in [5, 5.41) is 14.1. The van der Waals surface area contributed by atoms with Gasteiger partial charge in [-0.1, -0.05) is 30.3 Å². The average Bonchev–Trinajstić information content (AvgIpc) is 2.62. The van der Waals surface area contributed by atoms with Crippen LogP contribution in [0.4, 0.5) is 5.69 Å². The van der Waals surface area contributed by atoms with Crippen molar-refractivity contribution in [1.29, 1.82) is 0 Å². The zero-order chi connectivity index (χ0) is 18.5. The Morgan fingerprint density at radius 2 is 1.69 bits per heavy atom. The number of aryl methyl sites for hydroxylation is 1. The Hall–Kier alpha value is -3.41. The summed E-state index contributed by atoms with van der Waals surface area (Å²) in [6.07, 6.45) is 3.03. The van der Waals surface area contributed by atoms with Gasteiger partial charge in [0, 0.05) is 29.4 Å². The molecule has 3 N–H and O–H groups in total. The van der Waals surface area contributed by atoms with Crippen molar-refractivity contribution in [2.75, 3.05) is 5.32 Å². The van der Waals surface area contributed by atoms with E-state index in [1.165, 1.54) is 0 Å². The van der Waals surface area contributed by atoms with Crippen LogP contribution in [0.25, 0.3) is 5.57 Å². The van der Waals surface area contributed by atoms with Gasteiger partial charge in [0.15, 0.2) is 0 Å². The number of carboxylic acids is 1. The van der Waals surface area contributed by atoms with Crippen molar-refractivity contribution >= 4 is 29.0 Å². The van der Waals surface area contributed by atoms with E-state index in [1.54, 1.807) is 30.5 Å². The van der Waals surface area contributed by atoms with Crippen LogP contribution in [0.1, 0.15) is 34.3 Å². The van der Waals surface area contributed by atoms with Gasteiger partial charge in [-0.15, -0.1) is 0 Å². The predicted molar refractivity (Wildman–Crippen MR) is 97.5 cm³/mol. The molecule has 3 rings (SSSR count). The number of hydrogen-bond acceptors (Lipinski definition) is 4. The predicted octanol–water partition coefficient (Wildman–Crippen LogP) is 2.82. The second kappa shape index (κ2) is 7.65. The van der Waals surface area contributed by atoms with Crippen LogP contribution in [-0.4, -0.2) is 22.9 Å². The number of carbonyl (C=O) groups excluding carboxylic acids is 2. The number of carbonyl (C=O) groups is 3. The molecule has 0 atom stereocenters. The van der Waals surface area contributed by atoms with E-state index in [0.29, 0.717) is 29.5 Å². The molecule has 0 bridgehead atoms. The van der Waals surface area contributed by atoms with Crippen molar-refractivity contribution in [3.8, 4) is 0 Å². The number of nitrogens with one attached hydrogen (secondary N) is 2. The van der Waals surface area contributed by atoms with Gasteiger partial charge in [-0.25, -0.2) is 0 Å². The fourth-order valence-corrected chi connectivity index (χ4v) is 2.79. The number of imide groups is 1. The lowest BCUT2D eigenvalue weighted by atomic mass is 9.95. The maximum atomic E-state index is 12.1. The van der Waals surface area contributed by atoms with Crippen molar-refractivity contribution in [3.05, 3.63) is 71.4 Å². The first kappa shape index (κ1) is 17.4. The molecule has 0 spiro atoms. The minimum Gasteiger partial charge on any atom is -0.481 e. The third-order valence-corrected chi connectivity index (χ3v) is 4.13. The first-order chi connectivity index (χ1) is 12.5. The number of aliphatic carboxylic acids is 1. The van der Waals surface area contributed by atoms with E-state index in [-0.39, 0.29) is 6.42 Å². The standard InChI is InChI=1S/C20H18N2O4/c23-18(24)7-3-4-13-8-10-14(11-9-13)21-12-17-15-5-1-2-6-16(15)19(25)22-20(17)26/h1-2,5-6,8-12,21H,3-4,7H2,(H,23,24)(H,22,25,26)/b17-12-. The molecule has 6 nitrogen and oxygen atoms in total. The highest BCUT2D eigenvalue weighted by Crippen LogP contribution is 2.24. The molecule has 2 aromatic carbocycles. The Balaban J connectivity index is 1.71. The van der Waals surface area contributed by atoms with Crippen LogP contribution in [0.5, 0.6) is 0 Å². The summed E-state index contributed by atoms with van der Waals surface area (Å²) in [6.45, 7) is 0. The molecule has 0 unspecified atom stereocenters. The Bertz CT molecular complexity index is 885. The molecule has 26 heavy (non-hydrogen) atoms. The van der Waals surface area contributed by atoms with Gasteiger partial charge in [-0.05, 0) is 36.6 Å². The Labute approximate surface area is 150 Å². The molecule has 132 valence electrons. The molecule has 0 aliphatic carbocycles. The van der Waals surface area contributed by atoms with Gasteiger partial charge in [0.1, 0.15) is 0 Å². The monoisotopic (exact) mass is 350 g/mol. The summed E-state index contributed by atoms with van der Waals surface area (Å²) < 4.78 is 0. The smallest absolute Gasteiger partial charge is 0.303 e. The van der Waals surface area contributed by atoms with E-state index in [1.807, 2.05) is 24.3 Å². The zero-order valence-corrected chi connectivity index (χ0v) is 14.0. The van der Waals surface area contributed by atoms with Crippen LogP contribution < -0.4 is 10.6 Å². The van der Waals surface area contributed by atoms with Crippen LogP contribution >= 0.6 is 0 Å². The zero-order valence-electron chi connectivity index (χ0n) is 14.0. The lowest BCUT2D eigenvalue weighted by Gasteiger charge is -2.18. The van der Waals surface area contributed by atoms with Gasteiger partial charge < -0.3 is 10.4 Å². The van der Waals surface area contributed by atoms with E-state index in [0.717, 1.165) is 11.3 Å². The van der Waals surface area contributed by atoms with Gasteiger partial charge in [-0.2, -0.15) is 0 Å². The second-order valence-corrected chi connectivity index (χ2v) is 5.98. The maximum absolute atomic E-state index is 12.1. The quantitative estimate of drug-likeness (QED) is 0.550. The fraction of sp³-hybridized carbons (Fsp3) is 0.150. The fourth-order valence-electron chi connectivity index (χ4n) is 2.79. The van der Waals surface area contributed by atoms with Crippen LogP contribution in [0.2, 0.25) is 0 Å². The topological polar surface area (TPSA) is 95.5 Å². The molecule has 0 aromatic heterocycles. The highest BCUT2D eigenvalue weighted by Gasteiger charge is 2.26. The van der Waals surface area contributed by atoms with Crippen molar-refractivity contribution in [2.24, 2.45) is 0 Å². The molecular weight excluding hydrogens is 332 g/mol. The van der Waals surface area contributed by atoms with Gasteiger partial charge in [0.25, 0.3) is 11.8 Å². The minimum absolute atomic E-state index is 0.152. The number of benzene rings is 2. The summed E-state index contributed by atoms with van der Waals surface area (Å²) in [7, 11) is 0. The SMILES string of the molecule is O=C(O)CCCc1ccc(N/C=C2\C(=O)NC(=O)c3ccccc32)cc1. The molecule has 0 saturated heterocycles. The molecule has 6 heteroatoms. The number of fused-ring (bicyclic) bond motifs is 1. The van der Waals surface area contributed by atoms with E-state index in [2.05, 4.69) is 10.6 Å². The second-order valence-electron chi connectivity index (χ2n) is 5.98. The van der Waals surface area contributed by atoms with Gasteiger partial charge >= 0.3 is 5.97 Å². The molecule has 2 amide bonds. The van der Waals surface area contributed by atoms with Crippen LogP contribution in [0, 0.1) is 0 Å². The van der Waals surface area contributed by atoms with E-state index >= 15 is 0 Å². The molecule has 0 radical (unpaired) electrons. The Morgan fingerprint density at radius 3 is 2.38 bits per heavy atom. The molecule has 0 fully saturated rings. The van der Waals surface area contributed by atoms with Gasteiger partial charge in [0.05, 0.1) is 5.57 Å². The average molecular weight is 350 g/mol.